The highest BCUT2D eigenvalue weighted by atomic mass is 35.5. The molecule has 0 fully saturated rings. The number of nitrogens with one attached hydrogen (secondary N) is 1. The lowest BCUT2D eigenvalue weighted by Crippen LogP contribution is -2.22. The molecule has 1 aromatic carbocycles. The number of amides is 1. The minimum Gasteiger partial charge on any atom is -0.359 e. The summed E-state index contributed by atoms with van der Waals surface area (Å²) in [5, 5.41) is 3.54. The van der Waals surface area contributed by atoms with Crippen molar-refractivity contribution >= 4 is 29.0 Å². The predicted octanol–water partition coefficient (Wildman–Crippen LogP) is 4.37. The standard InChI is InChI=1S/C21H21ClN4O/c1-15-18(22)4-3-5-19(15)25-21(27)17-8-12-24-20(14-17)26(2)13-9-16-6-10-23-11-7-16/h3-8,10-12,14H,9,13H2,1-2H3,(H,25,27). The van der Waals surface area contributed by atoms with Crippen LogP contribution in [0.15, 0.2) is 61.1 Å². The second-order valence-corrected chi connectivity index (χ2v) is 6.70. The minimum atomic E-state index is -0.188. The summed E-state index contributed by atoms with van der Waals surface area (Å²) in [6.45, 7) is 2.66. The molecule has 138 valence electrons. The molecule has 0 saturated carbocycles. The number of likely N-dealkylation sites (N-methyl/N-ethyl adjacent to an activating group) is 1. The van der Waals surface area contributed by atoms with Crippen molar-refractivity contribution in [1.29, 1.82) is 0 Å². The van der Waals surface area contributed by atoms with E-state index in [1.165, 1.54) is 5.56 Å². The number of nitrogens with zero attached hydrogens (tertiary/aromatic N) is 3. The van der Waals surface area contributed by atoms with E-state index in [-0.39, 0.29) is 5.91 Å². The van der Waals surface area contributed by atoms with Crippen LogP contribution in [0, 0.1) is 6.92 Å². The third-order valence-corrected chi connectivity index (χ3v) is 4.81. The summed E-state index contributed by atoms with van der Waals surface area (Å²) in [7, 11) is 1.96. The summed E-state index contributed by atoms with van der Waals surface area (Å²) in [6.07, 6.45) is 6.10. The molecule has 0 aliphatic rings. The molecule has 5 nitrogen and oxygen atoms in total. The van der Waals surface area contributed by atoms with Gasteiger partial charge in [-0.25, -0.2) is 4.98 Å². The SMILES string of the molecule is Cc1c(Cl)cccc1NC(=O)c1ccnc(N(C)CCc2ccncc2)c1. The van der Waals surface area contributed by atoms with Gasteiger partial charge in [-0.15, -0.1) is 0 Å². The average Bonchev–Trinajstić information content (AvgIpc) is 2.70. The maximum Gasteiger partial charge on any atom is 0.255 e. The molecule has 3 rings (SSSR count). The minimum absolute atomic E-state index is 0.188. The van der Waals surface area contributed by atoms with Gasteiger partial charge in [0.05, 0.1) is 0 Å². The number of halogens is 1. The van der Waals surface area contributed by atoms with E-state index >= 15 is 0 Å². The highest BCUT2D eigenvalue weighted by Gasteiger charge is 2.11. The van der Waals surface area contributed by atoms with Crippen molar-refractivity contribution in [1.82, 2.24) is 9.97 Å². The molecule has 3 aromatic rings. The first-order valence-electron chi connectivity index (χ1n) is 8.67. The number of rotatable bonds is 6. The molecule has 27 heavy (non-hydrogen) atoms. The summed E-state index contributed by atoms with van der Waals surface area (Å²) in [4.78, 5) is 23.1. The van der Waals surface area contributed by atoms with E-state index in [0.29, 0.717) is 16.3 Å². The molecule has 0 unspecified atom stereocenters. The summed E-state index contributed by atoms with van der Waals surface area (Å²) < 4.78 is 0. The molecule has 1 N–H and O–H groups in total. The largest absolute Gasteiger partial charge is 0.359 e. The maximum absolute atomic E-state index is 12.6. The summed E-state index contributed by atoms with van der Waals surface area (Å²) in [6, 6.07) is 12.9. The number of hydrogen-bond acceptors (Lipinski definition) is 4. The van der Waals surface area contributed by atoms with Crippen molar-refractivity contribution in [3.05, 3.63) is 82.8 Å². The molecule has 0 radical (unpaired) electrons. The van der Waals surface area contributed by atoms with Crippen LogP contribution in [0.2, 0.25) is 5.02 Å². The number of aromatic nitrogens is 2. The van der Waals surface area contributed by atoms with E-state index in [1.807, 2.05) is 43.1 Å². The number of anilines is 2. The van der Waals surface area contributed by atoms with Crippen LogP contribution in [-0.4, -0.2) is 29.5 Å². The third kappa shape index (κ3) is 4.83. The van der Waals surface area contributed by atoms with Crippen molar-refractivity contribution in [2.45, 2.75) is 13.3 Å². The zero-order valence-electron chi connectivity index (χ0n) is 15.3. The lowest BCUT2D eigenvalue weighted by molar-refractivity contribution is 0.102. The first kappa shape index (κ1) is 18.9. The van der Waals surface area contributed by atoms with E-state index < -0.39 is 0 Å². The highest BCUT2D eigenvalue weighted by molar-refractivity contribution is 6.31. The molecule has 1 amide bonds. The van der Waals surface area contributed by atoms with Crippen molar-refractivity contribution in [2.75, 3.05) is 23.8 Å². The smallest absolute Gasteiger partial charge is 0.255 e. The van der Waals surface area contributed by atoms with Gasteiger partial charge in [0.1, 0.15) is 5.82 Å². The van der Waals surface area contributed by atoms with Crippen LogP contribution in [0.1, 0.15) is 21.5 Å². The molecule has 0 spiro atoms. The van der Waals surface area contributed by atoms with Crippen molar-refractivity contribution < 1.29 is 4.79 Å². The predicted molar refractivity (Wildman–Crippen MR) is 110 cm³/mol. The van der Waals surface area contributed by atoms with Gasteiger partial charge in [-0.1, -0.05) is 17.7 Å². The number of carbonyl (C=O) groups excluding carboxylic acids is 1. The Balaban J connectivity index is 1.69. The zero-order valence-corrected chi connectivity index (χ0v) is 16.1. The van der Waals surface area contributed by atoms with Crippen LogP contribution < -0.4 is 10.2 Å². The zero-order chi connectivity index (χ0) is 19.2. The molecule has 2 aromatic heterocycles. The first-order valence-corrected chi connectivity index (χ1v) is 9.05. The second-order valence-electron chi connectivity index (χ2n) is 6.30. The van der Waals surface area contributed by atoms with Gasteiger partial charge in [-0.3, -0.25) is 9.78 Å². The summed E-state index contributed by atoms with van der Waals surface area (Å²) in [5.41, 5.74) is 3.31. The monoisotopic (exact) mass is 380 g/mol. The van der Waals surface area contributed by atoms with Crippen LogP contribution in [0.5, 0.6) is 0 Å². The molecule has 0 bridgehead atoms. The fourth-order valence-corrected chi connectivity index (χ4v) is 2.84. The quantitative estimate of drug-likeness (QED) is 0.689. The molecule has 0 aliphatic carbocycles. The van der Waals surface area contributed by atoms with E-state index in [9.17, 15) is 4.79 Å². The fraction of sp³-hybridized carbons (Fsp3) is 0.190. The Kier molecular flexibility index (Phi) is 6.04. The van der Waals surface area contributed by atoms with Crippen LogP contribution in [0.4, 0.5) is 11.5 Å². The van der Waals surface area contributed by atoms with Gasteiger partial charge in [0.25, 0.3) is 5.91 Å². The Bertz CT molecular complexity index is 930. The number of pyridine rings is 2. The number of carbonyl (C=O) groups is 1. The van der Waals surface area contributed by atoms with Gasteiger partial charge in [0, 0.05) is 48.5 Å². The molecular weight excluding hydrogens is 360 g/mol. The maximum atomic E-state index is 12.6. The van der Waals surface area contributed by atoms with E-state index in [0.717, 1.165) is 24.3 Å². The third-order valence-electron chi connectivity index (χ3n) is 4.40. The number of benzene rings is 1. The molecule has 2 heterocycles. The van der Waals surface area contributed by atoms with Crippen LogP contribution >= 0.6 is 11.6 Å². The van der Waals surface area contributed by atoms with Gasteiger partial charge in [-0.2, -0.15) is 0 Å². The van der Waals surface area contributed by atoms with E-state index in [1.54, 1.807) is 36.8 Å². The van der Waals surface area contributed by atoms with Gasteiger partial charge < -0.3 is 10.2 Å². The molecule has 0 aliphatic heterocycles. The normalized spacial score (nSPS) is 10.5. The average molecular weight is 381 g/mol. The number of hydrogen-bond donors (Lipinski definition) is 1. The Labute approximate surface area is 164 Å². The second kappa shape index (κ2) is 8.64. The Hall–Kier alpha value is -2.92. The Morgan fingerprint density at radius 1 is 1.15 bits per heavy atom. The van der Waals surface area contributed by atoms with Gasteiger partial charge in [0.15, 0.2) is 0 Å². The molecule has 6 heteroatoms. The van der Waals surface area contributed by atoms with E-state index in [2.05, 4.69) is 15.3 Å². The van der Waals surface area contributed by atoms with Crippen LogP contribution in [0.3, 0.4) is 0 Å². The van der Waals surface area contributed by atoms with Crippen molar-refractivity contribution in [3.8, 4) is 0 Å². The Morgan fingerprint density at radius 3 is 2.70 bits per heavy atom. The van der Waals surface area contributed by atoms with E-state index in [4.69, 9.17) is 11.6 Å². The molecular formula is C21H21ClN4O. The van der Waals surface area contributed by atoms with Gasteiger partial charge in [-0.05, 0) is 60.9 Å². The summed E-state index contributed by atoms with van der Waals surface area (Å²) >= 11 is 6.12. The molecule has 0 atom stereocenters. The fourth-order valence-electron chi connectivity index (χ4n) is 2.67. The summed E-state index contributed by atoms with van der Waals surface area (Å²) in [5.74, 6) is 0.561. The van der Waals surface area contributed by atoms with Crippen molar-refractivity contribution in [2.24, 2.45) is 0 Å². The van der Waals surface area contributed by atoms with Gasteiger partial charge in [0.2, 0.25) is 0 Å². The van der Waals surface area contributed by atoms with Crippen LogP contribution in [-0.2, 0) is 6.42 Å². The first-order chi connectivity index (χ1) is 13.0. The topological polar surface area (TPSA) is 58.1 Å². The lowest BCUT2D eigenvalue weighted by atomic mass is 10.1. The Morgan fingerprint density at radius 2 is 1.93 bits per heavy atom. The van der Waals surface area contributed by atoms with Gasteiger partial charge >= 0.3 is 0 Å². The van der Waals surface area contributed by atoms with Crippen molar-refractivity contribution in [3.63, 3.8) is 0 Å². The molecule has 0 saturated heterocycles. The lowest BCUT2D eigenvalue weighted by Gasteiger charge is -2.18. The van der Waals surface area contributed by atoms with Crippen LogP contribution in [0.25, 0.3) is 0 Å². The highest BCUT2D eigenvalue weighted by Crippen LogP contribution is 2.23.